The molecule has 118 valence electrons. The normalized spacial score (nSPS) is 13.2. The Balaban J connectivity index is 4.27. The van der Waals surface area contributed by atoms with E-state index in [-0.39, 0.29) is 12.5 Å². The van der Waals surface area contributed by atoms with E-state index in [2.05, 4.69) is 0 Å². The van der Waals surface area contributed by atoms with Gasteiger partial charge in [-0.3, -0.25) is 4.90 Å². The van der Waals surface area contributed by atoms with Crippen molar-refractivity contribution in [1.82, 2.24) is 4.90 Å². The summed E-state index contributed by atoms with van der Waals surface area (Å²) in [5, 5.41) is 9.15. The Hall–Kier alpha value is -1.08. The van der Waals surface area contributed by atoms with Gasteiger partial charge in [0, 0.05) is 7.05 Å². The third kappa shape index (κ3) is 8.16. The lowest BCUT2D eigenvalue weighted by atomic mass is 10.0. The van der Waals surface area contributed by atoms with E-state index in [1.54, 1.807) is 0 Å². The Labute approximate surface area is 122 Å². The maximum atomic E-state index is 11.8. The van der Waals surface area contributed by atoms with Crippen molar-refractivity contribution in [3.05, 3.63) is 0 Å². The van der Waals surface area contributed by atoms with Crippen LogP contribution < -0.4 is 0 Å². The molecule has 7 heteroatoms. The van der Waals surface area contributed by atoms with Gasteiger partial charge in [0.2, 0.25) is 0 Å². The topological polar surface area (TPSA) is 76.1 Å². The number of aliphatic carboxylic acids is 1. The molecule has 0 aromatic heterocycles. The summed E-state index contributed by atoms with van der Waals surface area (Å²) in [7, 11) is -0.170. The molecule has 1 N–H and O–H groups in total. The highest BCUT2D eigenvalue weighted by Gasteiger charge is 2.28. The van der Waals surface area contributed by atoms with Crippen molar-refractivity contribution in [3.63, 3.8) is 0 Å². The highest BCUT2D eigenvalue weighted by atomic mass is 28.4. The molecule has 0 aliphatic heterocycles. The fourth-order valence-corrected chi connectivity index (χ4v) is 2.27. The van der Waals surface area contributed by atoms with Gasteiger partial charge in [-0.1, -0.05) is 13.8 Å². The van der Waals surface area contributed by atoms with Crippen LogP contribution in [0.4, 0.5) is 4.79 Å². The van der Waals surface area contributed by atoms with Gasteiger partial charge in [-0.25, -0.2) is 9.59 Å². The fraction of sp³-hybridized carbons (Fsp3) is 0.846. The Morgan fingerprint density at radius 2 is 1.75 bits per heavy atom. The second-order valence-electron chi connectivity index (χ2n) is 6.17. The first-order chi connectivity index (χ1) is 9.04. The van der Waals surface area contributed by atoms with Gasteiger partial charge in [-0.15, -0.1) is 0 Å². The van der Waals surface area contributed by atoms with Crippen LogP contribution in [0.1, 0.15) is 20.3 Å². The number of carboxylic acid groups (broad SMARTS) is 1. The lowest BCUT2D eigenvalue weighted by Gasteiger charge is -2.25. The Morgan fingerprint density at radius 3 is 2.15 bits per heavy atom. The van der Waals surface area contributed by atoms with E-state index in [9.17, 15) is 9.59 Å². The standard InChI is InChI=1S/C13H27NO5Si/c1-10(2)9-11(12(15)16)14(3)13(17)18-7-8-19-20(4,5)6/h10-11H,7-9H2,1-6H3,(H,15,16)/t11-/m1/s1. The van der Waals surface area contributed by atoms with E-state index in [0.29, 0.717) is 13.0 Å². The quantitative estimate of drug-likeness (QED) is 0.550. The molecule has 0 saturated carbocycles. The maximum absolute atomic E-state index is 11.8. The summed E-state index contributed by atoms with van der Waals surface area (Å²) in [4.78, 5) is 24.1. The van der Waals surface area contributed by atoms with Crippen molar-refractivity contribution in [2.24, 2.45) is 5.92 Å². The molecule has 1 amide bonds. The SMILES string of the molecule is CC(C)C[C@H](C(=O)O)N(C)C(=O)OCCO[Si](C)(C)C. The number of nitrogens with zero attached hydrogens (tertiary/aromatic N) is 1. The number of carbonyl (C=O) groups excluding carboxylic acids is 1. The van der Waals surface area contributed by atoms with Gasteiger partial charge in [0.15, 0.2) is 8.32 Å². The van der Waals surface area contributed by atoms with Gasteiger partial charge < -0.3 is 14.3 Å². The molecule has 0 saturated heterocycles. The Bertz CT molecular complexity index is 327. The third-order valence-corrected chi connectivity index (χ3v) is 3.65. The Kier molecular flexibility index (Phi) is 7.81. The molecule has 0 radical (unpaired) electrons. The zero-order valence-electron chi connectivity index (χ0n) is 13.3. The van der Waals surface area contributed by atoms with Gasteiger partial charge in [0.25, 0.3) is 0 Å². The molecule has 0 aromatic carbocycles. The second-order valence-corrected chi connectivity index (χ2v) is 10.7. The molecular weight excluding hydrogens is 278 g/mol. The summed E-state index contributed by atoms with van der Waals surface area (Å²) < 4.78 is 10.6. The van der Waals surface area contributed by atoms with Crippen LogP contribution in [0.5, 0.6) is 0 Å². The first-order valence-electron chi connectivity index (χ1n) is 6.81. The average molecular weight is 305 g/mol. The molecule has 0 aromatic rings. The summed E-state index contributed by atoms with van der Waals surface area (Å²) in [5.41, 5.74) is 0. The molecule has 6 nitrogen and oxygen atoms in total. The molecule has 0 bridgehead atoms. The lowest BCUT2D eigenvalue weighted by molar-refractivity contribution is -0.142. The summed E-state index contributed by atoms with van der Waals surface area (Å²) in [6.07, 6.45) is -0.232. The minimum absolute atomic E-state index is 0.140. The molecule has 0 aliphatic carbocycles. The van der Waals surface area contributed by atoms with Gasteiger partial charge in [0.1, 0.15) is 12.6 Å². The smallest absolute Gasteiger partial charge is 0.410 e. The molecule has 0 fully saturated rings. The highest BCUT2D eigenvalue weighted by molar-refractivity contribution is 6.69. The van der Waals surface area contributed by atoms with Crippen LogP contribution in [-0.2, 0) is 14.0 Å². The average Bonchev–Trinajstić information content (AvgIpc) is 2.28. The molecule has 0 spiro atoms. The van der Waals surface area contributed by atoms with Crippen molar-refractivity contribution < 1.29 is 23.9 Å². The fourth-order valence-electron chi connectivity index (χ4n) is 1.58. The van der Waals surface area contributed by atoms with E-state index in [4.69, 9.17) is 14.3 Å². The van der Waals surface area contributed by atoms with Gasteiger partial charge >= 0.3 is 12.1 Å². The first kappa shape index (κ1) is 18.9. The monoisotopic (exact) mass is 305 g/mol. The third-order valence-electron chi connectivity index (χ3n) is 2.58. The summed E-state index contributed by atoms with van der Waals surface area (Å²) in [6.45, 7) is 10.4. The van der Waals surface area contributed by atoms with E-state index < -0.39 is 26.4 Å². The number of ether oxygens (including phenoxy) is 1. The van der Waals surface area contributed by atoms with Gasteiger partial charge in [-0.2, -0.15) is 0 Å². The molecule has 0 rings (SSSR count). The molecule has 0 heterocycles. The molecule has 20 heavy (non-hydrogen) atoms. The van der Waals surface area contributed by atoms with E-state index in [0.717, 1.165) is 4.90 Å². The number of rotatable bonds is 8. The van der Waals surface area contributed by atoms with Crippen LogP contribution >= 0.6 is 0 Å². The molecular formula is C13H27NO5Si. The van der Waals surface area contributed by atoms with Crippen LogP contribution in [0.25, 0.3) is 0 Å². The van der Waals surface area contributed by atoms with Crippen LogP contribution in [0.3, 0.4) is 0 Å². The van der Waals surface area contributed by atoms with Crippen LogP contribution in [0.2, 0.25) is 19.6 Å². The highest BCUT2D eigenvalue weighted by Crippen LogP contribution is 2.12. The van der Waals surface area contributed by atoms with Crippen molar-refractivity contribution in [3.8, 4) is 0 Å². The molecule has 0 aliphatic rings. The van der Waals surface area contributed by atoms with Crippen LogP contribution in [0, 0.1) is 5.92 Å². The minimum Gasteiger partial charge on any atom is -0.480 e. The van der Waals surface area contributed by atoms with Gasteiger partial charge in [-0.05, 0) is 32.0 Å². The van der Waals surface area contributed by atoms with Crippen LogP contribution in [-0.4, -0.2) is 56.7 Å². The number of hydrogen-bond donors (Lipinski definition) is 1. The van der Waals surface area contributed by atoms with Crippen molar-refractivity contribution >= 4 is 20.4 Å². The largest absolute Gasteiger partial charge is 0.480 e. The predicted molar refractivity (Wildman–Crippen MR) is 79.3 cm³/mol. The van der Waals surface area contributed by atoms with Crippen molar-refractivity contribution in [1.29, 1.82) is 0 Å². The second kappa shape index (κ2) is 8.26. The first-order valence-corrected chi connectivity index (χ1v) is 10.2. The number of carbonyl (C=O) groups is 2. The van der Waals surface area contributed by atoms with Crippen molar-refractivity contribution in [2.75, 3.05) is 20.3 Å². The zero-order chi connectivity index (χ0) is 15.9. The van der Waals surface area contributed by atoms with Crippen LogP contribution in [0.15, 0.2) is 0 Å². The van der Waals surface area contributed by atoms with Gasteiger partial charge in [0.05, 0.1) is 6.61 Å². The predicted octanol–water partition coefficient (Wildman–Crippen LogP) is 2.41. The van der Waals surface area contributed by atoms with Crippen molar-refractivity contribution in [2.45, 2.75) is 46.0 Å². The van der Waals surface area contributed by atoms with E-state index >= 15 is 0 Å². The van der Waals surface area contributed by atoms with E-state index in [1.807, 2.05) is 33.5 Å². The maximum Gasteiger partial charge on any atom is 0.410 e. The summed E-state index contributed by atoms with van der Waals surface area (Å²) in [5.74, 6) is -0.835. The minimum atomic E-state index is -1.62. The number of likely N-dealkylation sites (N-methyl/N-ethyl adjacent to an activating group) is 1. The molecule has 0 unspecified atom stereocenters. The lowest BCUT2D eigenvalue weighted by Crippen LogP contribution is -2.43. The number of hydrogen-bond acceptors (Lipinski definition) is 4. The molecule has 1 atom stereocenters. The zero-order valence-corrected chi connectivity index (χ0v) is 14.3. The van der Waals surface area contributed by atoms with E-state index in [1.165, 1.54) is 7.05 Å². The number of amides is 1. The summed E-state index contributed by atoms with van der Waals surface area (Å²) in [6, 6.07) is -0.861. The summed E-state index contributed by atoms with van der Waals surface area (Å²) >= 11 is 0. The Morgan fingerprint density at radius 1 is 1.20 bits per heavy atom. The number of carboxylic acids is 1.